The quantitative estimate of drug-likeness (QED) is 0.477. The van der Waals surface area contributed by atoms with Gasteiger partial charge in [-0.1, -0.05) is 12.1 Å². The summed E-state index contributed by atoms with van der Waals surface area (Å²) in [5.41, 5.74) is 0.755. The second-order valence-electron chi connectivity index (χ2n) is 8.48. The molecular weight excluding hydrogens is 509 g/mol. The van der Waals surface area contributed by atoms with Gasteiger partial charge in [0.15, 0.2) is 5.82 Å². The van der Waals surface area contributed by atoms with Crippen LogP contribution in [0, 0.1) is 0 Å². The zero-order valence-electron chi connectivity index (χ0n) is 21.0. The van der Waals surface area contributed by atoms with Crippen LogP contribution in [-0.4, -0.2) is 72.9 Å². The highest BCUT2D eigenvalue weighted by atomic mass is 19.4. The molecule has 10 nitrogen and oxygen atoms in total. The first-order chi connectivity index (χ1) is 18.1. The van der Waals surface area contributed by atoms with Gasteiger partial charge in [0.05, 0.1) is 17.4 Å². The molecule has 0 saturated carbocycles. The number of ether oxygens (including phenoxy) is 5. The Morgan fingerprint density at radius 2 is 1.58 bits per heavy atom. The molecule has 204 valence electrons. The summed E-state index contributed by atoms with van der Waals surface area (Å²) in [5, 5.41) is 6.95. The summed E-state index contributed by atoms with van der Waals surface area (Å²) in [5.74, 6) is 0.268. The second kappa shape index (κ2) is 11.5. The monoisotopic (exact) mass is 536 g/mol. The van der Waals surface area contributed by atoms with Crippen molar-refractivity contribution in [3.63, 3.8) is 0 Å². The smallest absolute Gasteiger partial charge is 0.416 e. The number of alkyl halides is 3. The van der Waals surface area contributed by atoms with Gasteiger partial charge < -0.3 is 23.7 Å². The Morgan fingerprint density at radius 1 is 0.947 bits per heavy atom. The first kappa shape index (κ1) is 27.5. The summed E-state index contributed by atoms with van der Waals surface area (Å²) >= 11 is 0. The molecule has 5 atom stereocenters. The Kier molecular flexibility index (Phi) is 8.31. The van der Waals surface area contributed by atoms with E-state index in [1.807, 2.05) is 0 Å². The van der Waals surface area contributed by atoms with Crippen molar-refractivity contribution in [2.45, 2.75) is 43.8 Å². The number of amides is 1. The highest BCUT2D eigenvalue weighted by Crippen LogP contribution is 2.31. The average molecular weight is 537 g/mol. The summed E-state index contributed by atoms with van der Waals surface area (Å²) in [6, 6.07) is 11.2. The predicted octanol–water partition coefficient (Wildman–Crippen LogP) is 4.29. The van der Waals surface area contributed by atoms with Crippen LogP contribution in [0.15, 0.2) is 54.9 Å². The van der Waals surface area contributed by atoms with Gasteiger partial charge >= 0.3 is 12.3 Å². The molecule has 2 heterocycles. The van der Waals surface area contributed by atoms with E-state index in [4.69, 9.17) is 23.7 Å². The van der Waals surface area contributed by atoms with E-state index in [-0.39, 0.29) is 5.82 Å². The number of aromatic nitrogens is 3. The van der Waals surface area contributed by atoms with E-state index in [9.17, 15) is 18.0 Å². The number of halogens is 3. The summed E-state index contributed by atoms with van der Waals surface area (Å²) in [6.45, 7) is 1.78. The first-order valence-corrected chi connectivity index (χ1v) is 11.6. The molecule has 1 aromatic heterocycles. The fourth-order valence-electron chi connectivity index (χ4n) is 4.19. The van der Waals surface area contributed by atoms with E-state index in [0.29, 0.717) is 16.9 Å². The molecule has 38 heavy (non-hydrogen) atoms. The van der Waals surface area contributed by atoms with Crippen LogP contribution in [0.4, 0.5) is 23.7 Å². The lowest BCUT2D eigenvalue weighted by Gasteiger charge is -2.43. The van der Waals surface area contributed by atoms with Crippen LogP contribution in [0.25, 0.3) is 17.1 Å². The number of anilines is 1. The third kappa shape index (κ3) is 5.96. The Hall–Kier alpha value is -3.52. The Labute approximate surface area is 216 Å². The Morgan fingerprint density at radius 3 is 2.16 bits per heavy atom. The number of rotatable bonds is 7. The third-order valence-corrected chi connectivity index (χ3v) is 6.11. The van der Waals surface area contributed by atoms with Crippen molar-refractivity contribution in [2.24, 2.45) is 0 Å². The summed E-state index contributed by atoms with van der Waals surface area (Å²) < 4.78 is 67.5. The molecule has 0 spiro atoms. The number of hydrogen-bond donors (Lipinski definition) is 1. The third-order valence-electron chi connectivity index (χ3n) is 6.11. The van der Waals surface area contributed by atoms with E-state index in [0.717, 1.165) is 12.1 Å². The standard InChI is InChI=1S/C25H27F3N4O6/c1-14-19(34-2)20(35-3)21(36-4)23(37-14)38-24(33)30-17-9-11-18(12-10-17)32-13-29-22(31-32)15-5-7-16(8-6-15)25(26,27)28/h5-14,19-21,23H,1-4H3,(H,30,33)/t14-,19-,20+,21+,23-/m0/s1. The van der Waals surface area contributed by atoms with E-state index >= 15 is 0 Å². The van der Waals surface area contributed by atoms with Gasteiger partial charge in [-0.05, 0) is 43.3 Å². The van der Waals surface area contributed by atoms with Crippen molar-refractivity contribution >= 4 is 11.8 Å². The summed E-state index contributed by atoms with van der Waals surface area (Å²) in [7, 11) is 4.51. The fraction of sp³-hybridized carbons (Fsp3) is 0.400. The van der Waals surface area contributed by atoms with Crippen LogP contribution in [0.5, 0.6) is 0 Å². The minimum Gasteiger partial charge on any atom is -0.416 e. The molecule has 2 aromatic carbocycles. The van der Waals surface area contributed by atoms with Gasteiger partial charge in [-0.2, -0.15) is 13.2 Å². The van der Waals surface area contributed by atoms with Crippen molar-refractivity contribution in [1.82, 2.24) is 14.8 Å². The van der Waals surface area contributed by atoms with E-state index in [1.54, 1.807) is 31.2 Å². The number of carbonyl (C=O) groups is 1. The SMILES string of the molecule is CO[C@@H]1[C@@H](OC)[C@H](C)O[C@@H](OC(=O)Nc2ccc(-n3cnc(-c4ccc(C(F)(F)F)cc4)n3)cc2)[C@@H]1OC. The first-order valence-electron chi connectivity index (χ1n) is 11.6. The normalized spacial score (nSPS) is 23.7. The Bertz CT molecular complexity index is 1220. The second-order valence-corrected chi connectivity index (χ2v) is 8.48. The van der Waals surface area contributed by atoms with Gasteiger partial charge in [-0.3, -0.25) is 5.32 Å². The highest BCUT2D eigenvalue weighted by Gasteiger charge is 2.47. The molecule has 1 aliphatic heterocycles. The molecule has 4 rings (SSSR count). The van der Waals surface area contributed by atoms with Crippen LogP contribution in [0.3, 0.4) is 0 Å². The number of methoxy groups -OCH3 is 3. The fourth-order valence-corrected chi connectivity index (χ4v) is 4.19. The van der Waals surface area contributed by atoms with Gasteiger partial charge in [-0.25, -0.2) is 14.5 Å². The number of nitrogens with zero attached hydrogens (tertiary/aromatic N) is 3. The molecule has 1 amide bonds. The minimum absolute atomic E-state index is 0.268. The van der Waals surface area contributed by atoms with Crippen molar-refractivity contribution in [3.05, 3.63) is 60.4 Å². The maximum Gasteiger partial charge on any atom is 0.416 e. The topological polar surface area (TPSA) is 106 Å². The molecule has 0 bridgehead atoms. The molecule has 0 unspecified atom stereocenters. The van der Waals surface area contributed by atoms with E-state index in [1.165, 1.54) is 44.5 Å². The van der Waals surface area contributed by atoms with Gasteiger partial charge in [0.1, 0.15) is 24.6 Å². The van der Waals surface area contributed by atoms with Crippen LogP contribution in [0.1, 0.15) is 12.5 Å². The van der Waals surface area contributed by atoms with Crippen molar-refractivity contribution < 1.29 is 41.7 Å². The number of benzene rings is 2. The van der Waals surface area contributed by atoms with E-state index < -0.39 is 48.5 Å². The lowest BCUT2D eigenvalue weighted by Crippen LogP contribution is -2.59. The number of nitrogens with one attached hydrogen (secondary N) is 1. The molecule has 1 fully saturated rings. The van der Waals surface area contributed by atoms with Crippen LogP contribution in [-0.2, 0) is 29.9 Å². The average Bonchev–Trinajstić information content (AvgIpc) is 3.38. The van der Waals surface area contributed by atoms with Crippen molar-refractivity contribution in [1.29, 1.82) is 0 Å². The molecule has 13 heteroatoms. The van der Waals surface area contributed by atoms with Crippen LogP contribution < -0.4 is 5.32 Å². The molecule has 3 aromatic rings. The van der Waals surface area contributed by atoms with Crippen LogP contribution in [0.2, 0.25) is 0 Å². The molecule has 0 aliphatic carbocycles. The van der Waals surface area contributed by atoms with Crippen LogP contribution >= 0.6 is 0 Å². The van der Waals surface area contributed by atoms with Gasteiger partial charge in [0.25, 0.3) is 0 Å². The molecule has 1 saturated heterocycles. The molecule has 1 aliphatic rings. The van der Waals surface area contributed by atoms with Gasteiger partial charge in [0.2, 0.25) is 6.29 Å². The largest absolute Gasteiger partial charge is 0.416 e. The van der Waals surface area contributed by atoms with Gasteiger partial charge in [-0.15, -0.1) is 5.10 Å². The van der Waals surface area contributed by atoms with Crippen molar-refractivity contribution in [3.8, 4) is 17.1 Å². The maximum atomic E-state index is 12.8. The molecule has 1 N–H and O–H groups in total. The maximum absolute atomic E-state index is 12.8. The molecule has 0 radical (unpaired) electrons. The summed E-state index contributed by atoms with van der Waals surface area (Å²) in [4.78, 5) is 16.7. The summed E-state index contributed by atoms with van der Waals surface area (Å²) in [6.07, 6.45) is -6.80. The zero-order valence-corrected chi connectivity index (χ0v) is 21.0. The van der Waals surface area contributed by atoms with E-state index in [2.05, 4.69) is 15.4 Å². The highest BCUT2D eigenvalue weighted by molar-refractivity contribution is 5.84. The molecular formula is C25H27F3N4O6. The number of carbonyl (C=O) groups excluding carboxylic acids is 1. The number of hydrogen-bond acceptors (Lipinski definition) is 8. The van der Waals surface area contributed by atoms with Gasteiger partial charge in [0, 0.05) is 32.6 Å². The predicted molar refractivity (Wildman–Crippen MR) is 129 cm³/mol. The Balaban J connectivity index is 1.39. The minimum atomic E-state index is -4.42. The van der Waals surface area contributed by atoms with Crippen molar-refractivity contribution in [2.75, 3.05) is 26.6 Å². The lowest BCUT2D eigenvalue weighted by atomic mass is 9.99. The zero-order chi connectivity index (χ0) is 27.4. The lowest BCUT2D eigenvalue weighted by molar-refractivity contribution is -0.288.